The number of nitrogens with one attached hydrogen (secondary N) is 2. The van der Waals surface area contributed by atoms with E-state index in [4.69, 9.17) is 4.74 Å². The summed E-state index contributed by atoms with van der Waals surface area (Å²) in [7, 11) is 0. The van der Waals surface area contributed by atoms with Crippen molar-refractivity contribution in [1.82, 2.24) is 10.6 Å². The molecule has 6 nitrogen and oxygen atoms in total. The molecule has 2 amide bonds. The highest BCUT2D eigenvalue weighted by atomic mass is 19.3. The third-order valence-corrected chi connectivity index (χ3v) is 3.44. The second-order valence-corrected chi connectivity index (χ2v) is 4.84. The smallest absolute Gasteiger partial charge is 0.317 e. The quantitative estimate of drug-likeness (QED) is 0.728. The third-order valence-electron chi connectivity index (χ3n) is 3.44. The second kappa shape index (κ2) is 6.27. The summed E-state index contributed by atoms with van der Waals surface area (Å²) in [5.74, 6) is -2.71. The van der Waals surface area contributed by atoms with Gasteiger partial charge in [-0.1, -0.05) is 30.3 Å². The molecule has 3 atom stereocenters. The molecule has 3 unspecified atom stereocenters. The Bertz CT molecular complexity index is 555. The number of aliphatic hydroxyl groups is 1. The standard InChI is InChI=1S/C14H16F2N2O4/c1-2-22-11(19)9-10(8-6-4-3-5-7-8)17-13(20)18-14(9,21)12(15)16/h3-7,9-10,12,21H,2H2,1H3,(H2,17,18,20). The van der Waals surface area contributed by atoms with Crippen LogP contribution in [0.15, 0.2) is 30.3 Å². The number of hydrogen-bond acceptors (Lipinski definition) is 4. The van der Waals surface area contributed by atoms with E-state index in [1.54, 1.807) is 35.6 Å². The van der Waals surface area contributed by atoms with Crippen molar-refractivity contribution < 1.29 is 28.2 Å². The van der Waals surface area contributed by atoms with Gasteiger partial charge in [0.05, 0.1) is 12.6 Å². The lowest BCUT2D eigenvalue weighted by atomic mass is 9.82. The van der Waals surface area contributed by atoms with Gasteiger partial charge in [-0.25, -0.2) is 13.6 Å². The molecule has 0 spiro atoms. The fourth-order valence-electron chi connectivity index (χ4n) is 2.45. The second-order valence-electron chi connectivity index (χ2n) is 4.84. The maximum absolute atomic E-state index is 13.3. The Hall–Kier alpha value is -2.22. The van der Waals surface area contributed by atoms with Crippen molar-refractivity contribution in [3.05, 3.63) is 35.9 Å². The molecule has 1 heterocycles. The number of benzene rings is 1. The average Bonchev–Trinajstić information content (AvgIpc) is 2.47. The van der Waals surface area contributed by atoms with Crippen LogP contribution in [0.3, 0.4) is 0 Å². The monoisotopic (exact) mass is 314 g/mol. The molecule has 0 radical (unpaired) electrons. The normalized spacial score (nSPS) is 28.0. The number of carbonyl (C=O) groups excluding carboxylic acids is 2. The Balaban J connectivity index is 2.48. The number of urea groups is 1. The van der Waals surface area contributed by atoms with Gasteiger partial charge in [0, 0.05) is 0 Å². The maximum atomic E-state index is 13.3. The zero-order valence-corrected chi connectivity index (χ0v) is 11.8. The van der Waals surface area contributed by atoms with E-state index >= 15 is 0 Å². The number of hydrogen-bond donors (Lipinski definition) is 3. The summed E-state index contributed by atoms with van der Waals surface area (Å²) in [4.78, 5) is 23.7. The first kappa shape index (κ1) is 16.2. The minimum Gasteiger partial charge on any atom is -0.466 e. The summed E-state index contributed by atoms with van der Waals surface area (Å²) >= 11 is 0. The van der Waals surface area contributed by atoms with Crippen LogP contribution in [-0.2, 0) is 9.53 Å². The first-order chi connectivity index (χ1) is 10.4. The van der Waals surface area contributed by atoms with E-state index in [0.717, 1.165) is 0 Å². The largest absolute Gasteiger partial charge is 0.466 e. The Morgan fingerprint density at radius 3 is 2.59 bits per heavy atom. The molecular weight excluding hydrogens is 298 g/mol. The van der Waals surface area contributed by atoms with Crippen molar-refractivity contribution in [3.8, 4) is 0 Å². The number of carbonyl (C=O) groups is 2. The Kier molecular flexibility index (Phi) is 4.60. The summed E-state index contributed by atoms with van der Waals surface area (Å²) in [6.45, 7) is 1.48. The number of rotatable bonds is 4. The molecule has 2 rings (SSSR count). The van der Waals surface area contributed by atoms with Crippen molar-refractivity contribution in [3.63, 3.8) is 0 Å². The summed E-state index contributed by atoms with van der Waals surface area (Å²) in [6, 6.07) is 5.97. The fraction of sp³-hybridized carbons (Fsp3) is 0.429. The topological polar surface area (TPSA) is 87.7 Å². The Morgan fingerprint density at radius 1 is 1.41 bits per heavy atom. The highest BCUT2D eigenvalue weighted by Gasteiger charge is 2.58. The highest BCUT2D eigenvalue weighted by molar-refractivity contribution is 5.83. The zero-order chi connectivity index (χ0) is 16.3. The third kappa shape index (κ3) is 2.87. The Morgan fingerprint density at radius 2 is 2.05 bits per heavy atom. The van der Waals surface area contributed by atoms with Gasteiger partial charge in [-0.2, -0.15) is 0 Å². The first-order valence-electron chi connectivity index (χ1n) is 6.71. The zero-order valence-electron chi connectivity index (χ0n) is 11.8. The molecule has 0 aromatic heterocycles. The van der Waals surface area contributed by atoms with Gasteiger partial charge in [-0.05, 0) is 12.5 Å². The summed E-state index contributed by atoms with van der Waals surface area (Å²) in [5, 5.41) is 14.3. The SMILES string of the molecule is CCOC(=O)C1C(c2ccccc2)NC(=O)NC1(O)C(F)F. The molecule has 1 fully saturated rings. The average molecular weight is 314 g/mol. The van der Waals surface area contributed by atoms with Gasteiger partial charge < -0.3 is 20.5 Å². The van der Waals surface area contributed by atoms with Gasteiger partial charge >= 0.3 is 12.0 Å². The van der Waals surface area contributed by atoms with Gasteiger partial charge in [0.2, 0.25) is 5.72 Å². The van der Waals surface area contributed by atoms with Crippen LogP contribution in [0.25, 0.3) is 0 Å². The number of halogens is 2. The van der Waals surface area contributed by atoms with E-state index in [2.05, 4.69) is 5.32 Å². The van der Waals surface area contributed by atoms with E-state index < -0.39 is 36.1 Å². The van der Waals surface area contributed by atoms with Crippen molar-refractivity contribution in [2.45, 2.75) is 25.1 Å². The maximum Gasteiger partial charge on any atom is 0.317 e. The van der Waals surface area contributed by atoms with Crippen molar-refractivity contribution in [2.75, 3.05) is 6.61 Å². The summed E-state index contributed by atoms with van der Waals surface area (Å²) in [5.41, 5.74) is -2.59. The predicted molar refractivity (Wildman–Crippen MR) is 71.9 cm³/mol. The fourth-order valence-corrected chi connectivity index (χ4v) is 2.45. The molecular formula is C14H16F2N2O4. The van der Waals surface area contributed by atoms with Gasteiger partial charge in [-0.15, -0.1) is 0 Å². The molecule has 1 saturated heterocycles. The molecule has 1 aliphatic rings. The minimum atomic E-state index is -3.36. The van der Waals surface area contributed by atoms with Crippen LogP contribution in [0.5, 0.6) is 0 Å². The summed E-state index contributed by atoms with van der Waals surface area (Å²) < 4.78 is 31.4. The van der Waals surface area contributed by atoms with Crippen LogP contribution in [-0.4, -0.2) is 35.9 Å². The van der Waals surface area contributed by atoms with E-state index in [1.807, 2.05) is 0 Å². The van der Waals surface area contributed by atoms with Crippen LogP contribution in [0, 0.1) is 5.92 Å². The molecule has 0 bridgehead atoms. The number of alkyl halides is 2. The van der Waals surface area contributed by atoms with Crippen LogP contribution < -0.4 is 10.6 Å². The van der Waals surface area contributed by atoms with E-state index in [0.29, 0.717) is 5.56 Å². The van der Waals surface area contributed by atoms with Crippen molar-refractivity contribution in [1.29, 1.82) is 0 Å². The van der Waals surface area contributed by atoms with Crippen LogP contribution in [0.2, 0.25) is 0 Å². The lowest BCUT2D eigenvalue weighted by Gasteiger charge is -2.43. The molecule has 1 aliphatic heterocycles. The molecule has 1 aromatic rings. The molecule has 1 aromatic carbocycles. The van der Waals surface area contributed by atoms with Gasteiger partial charge in [0.25, 0.3) is 6.43 Å². The molecule has 8 heteroatoms. The van der Waals surface area contributed by atoms with Crippen LogP contribution in [0.1, 0.15) is 18.5 Å². The van der Waals surface area contributed by atoms with Crippen LogP contribution in [0.4, 0.5) is 13.6 Å². The number of amides is 2. The lowest BCUT2D eigenvalue weighted by Crippen LogP contribution is -2.70. The van der Waals surface area contributed by atoms with E-state index in [9.17, 15) is 23.5 Å². The molecule has 22 heavy (non-hydrogen) atoms. The van der Waals surface area contributed by atoms with Crippen LogP contribution >= 0.6 is 0 Å². The van der Waals surface area contributed by atoms with E-state index in [1.165, 1.54) is 6.92 Å². The predicted octanol–water partition coefficient (Wildman–Crippen LogP) is 1.17. The molecule has 0 aliphatic carbocycles. The van der Waals surface area contributed by atoms with Gasteiger partial charge in [-0.3, -0.25) is 4.79 Å². The van der Waals surface area contributed by atoms with Crippen molar-refractivity contribution in [2.24, 2.45) is 5.92 Å². The minimum absolute atomic E-state index is 0.0376. The Labute approximate surface area is 125 Å². The van der Waals surface area contributed by atoms with Gasteiger partial charge in [0.1, 0.15) is 5.92 Å². The number of esters is 1. The molecule has 0 saturated carbocycles. The highest BCUT2D eigenvalue weighted by Crippen LogP contribution is 2.37. The van der Waals surface area contributed by atoms with Gasteiger partial charge in [0.15, 0.2) is 0 Å². The lowest BCUT2D eigenvalue weighted by molar-refractivity contribution is -0.189. The summed E-state index contributed by atoms with van der Waals surface area (Å²) in [6.07, 6.45) is -3.36. The van der Waals surface area contributed by atoms with E-state index in [-0.39, 0.29) is 6.61 Å². The number of ether oxygens (including phenoxy) is 1. The molecule has 3 N–H and O–H groups in total. The van der Waals surface area contributed by atoms with Crippen molar-refractivity contribution >= 4 is 12.0 Å². The molecule has 120 valence electrons. The first-order valence-corrected chi connectivity index (χ1v) is 6.71.